The maximum absolute atomic E-state index is 13.5. The molecule has 2 heterocycles. The van der Waals surface area contributed by atoms with E-state index in [1.807, 2.05) is 46.8 Å². The molecule has 1 aliphatic heterocycles. The first-order valence-corrected chi connectivity index (χ1v) is 10.7. The Morgan fingerprint density at radius 3 is 2.48 bits per heavy atom. The lowest BCUT2D eigenvalue weighted by atomic mass is 9.79. The van der Waals surface area contributed by atoms with Crippen LogP contribution in [-0.4, -0.2) is 52.0 Å². The molecule has 1 saturated carbocycles. The number of rotatable bonds is 5. The van der Waals surface area contributed by atoms with Crippen molar-refractivity contribution in [3.8, 4) is 0 Å². The number of carbonyl (C=O) groups is 1. The van der Waals surface area contributed by atoms with Crippen molar-refractivity contribution in [2.75, 3.05) is 26.2 Å². The fraction of sp³-hybridized carbons (Fsp3) is 0.524. The Kier molecular flexibility index (Phi) is 5.57. The van der Waals surface area contributed by atoms with Gasteiger partial charge in [0.1, 0.15) is 5.01 Å². The topological polar surface area (TPSA) is 56.7 Å². The lowest BCUT2D eigenvalue weighted by Crippen LogP contribution is -2.56. The average Bonchev–Trinajstić information content (AvgIpc) is 3.42. The normalized spacial score (nSPS) is 21.3. The molecule has 1 N–H and O–H groups in total. The zero-order chi connectivity index (χ0) is 18.7. The third kappa shape index (κ3) is 3.79. The van der Waals surface area contributed by atoms with Gasteiger partial charge in [0.15, 0.2) is 5.60 Å². The number of thiazole rings is 1. The van der Waals surface area contributed by atoms with Crippen LogP contribution in [0.2, 0.25) is 0 Å². The van der Waals surface area contributed by atoms with Gasteiger partial charge < -0.3 is 10.0 Å². The van der Waals surface area contributed by atoms with Crippen LogP contribution in [0.5, 0.6) is 0 Å². The van der Waals surface area contributed by atoms with E-state index in [1.165, 1.54) is 0 Å². The van der Waals surface area contributed by atoms with Crippen molar-refractivity contribution >= 4 is 17.2 Å². The second-order valence-electron chi connectivity index (χ2n) is 7.61. The van der Waals surface area contributed by atoms with Crippen molar-refractivity contribution in [3.05, 3.63) is 52.5 Å². The van der Waals surface area contributed by atoms with E-state index in [2.05, 4.69) is 9.88 Å². The molecule has 2 aliphatic rings. The summed E-state index contributed by atoms with van der Waals surface area (Å²) in [6, 6.07) is 9.55. The largest absolute Gasteiger partial charge is 0.375 e. The number of benzene rings is 1. The lowest BCUT2D eigenvalue weighted by molar-refractivity contribution is -0.161. The van der Waals surface area contributed by atoms with Crippen LogP contribution in [0.1, 0.15) is 36.3 Å². The molecule has 2 fully saturated rings. The summed E-state index contributed by atoms with van der Waals surface area (Å²) >= 11 is 1.67. The molecule has 4 rings (SSSR count). The van der Waals surface area contributed by atoms with Gasteiger partial charge in [0, 0.05) is 43.7 Å². The third-order valence-corrected chi connectivity index (χ3v) is 6.75. The number of hydrogen-bond donors (Lipinski definition) is 1. The lowest BCUT2D eigenvalue weighted by Gasteiger charge is -2.41. The number of aliphatic hydroxyl groups is 1. The summed E-state index contributed by atoms with van der Waals surface area (Å²) in [5, 5.41) is 14.8. The molecule has 6 heteroatoms. The van der Waals surface area contributed by atoms with Crippen LogP contribution in [0.25, 0.3) is 0 Å². The van der Waals surface area contributed by atoms with Crippen molar-refractivity contribution in [1.29, 1.82) is 0 Å². The van der Waals surface area contributed by atoms with Crippen LogP contribution < -0.4 is 0 Å². The molecular formula is C21H27N3O2S. The van der Waals surface area contributed by atoms with E-state index < -0.39 is 5.60 Å². The van der Waals surface area contributed by atoms with E-state index in [9.17, 15) is 9.90 Å². The Morgan fingerprint density at radius 1 is 1.15 bits per heavy atom. The van der Waals surface area contributed by atoms with Crippen molar-refractivity contribution in [2.24, 2.45) is 5.92 Å². The van der Waals surface area contributed by atoms with Crippen molar-refractivity contribution in [2.45, 2.75) is 37.8 Å². The van der Waals surface area contributed by atoms with Crippen molar-refractivity contribution in [3.63, 3.8) is 0 Å². The monoisotopic (exact) mass is 385 g/mol. The second kappa shape index (κ2) is 8.09. The van der Waals surface area contributed by atoms with Gasteiger partial charge in [-0.25, -0.2) is 4.98 Å². The van der Waals surface area contributed by atoms with E-state index >= 15 is 0 Å². The van der Waals surface area contributed by atoms with Gasteiger partial charge in [-0.2, -0.15) is 0 Å². The van der Waals surface area contributed by atoms with Gasteiger partial charge in [-0.3, -0.25) is 9.69 Å². The molecule has 1 aliphatic carbocycles. The summed E-state index contributed by atoms with van der Waals surface area (Å²) in [7, 11) is 0. The number of amides is 1. The Balaban J connectivity index is 1.47. The molecule has 2 aromatic rings. The molecular weight excluding hydrogens is 358 g/mol. The first-order valence-electron chi connectivity index (χ1n) is 9.86. The van der Waals surface area contributed by atoms with Crippen LogP contribution in [0.3, 0.4) is 0 Å². The molecule has 0 unspecified atom stereocenters. The molecule has 1 amide bonds. The number of piperazine rings is 1. The van der Waals surface area contributed by atoms with Crippen LogP contribution in [0.15, 0.2) is 41.9 Å². The van der Waals surface area contributed by atoms with Crippen molar-refractivity contribution < 1.29 is 9.90 Å². The van der Waals surface area contributed by atoms with Crippen LogP contribution in [0.4, 0.5) is 0 Å². The van der Waals surface area contributed by atoms with Gasteiger partial charge in [-0.1, -0.05) is 43.2 Å². The fourth-order valence-corrected chi connectivity index (χ4v) is 5.10. The molecule has 0 spiro atoms. The third-order valence-electron chi connectivity index (χ3n) is 5.99. The van der Waals surface area contributed by atoms with E-state index in [0.717, 1.165) is 55.9 Å². The summed E-state index contributed by atoms with van der Waals surface area (Å²) in [4.78, 5) is 22.0. The summed E-state index contributed by atoms with van der Waals surface area (Å²) in [5.41, 5.74) is -0.651. The van der Waals surface area contributed by atoms with Gasteiger partial charge in [0.05, 0.1) is 6.54 Å². The molecule has 1 aromatic carbocycles. The molecule has 0 radical (unpaired) electrons. The van der Waals surface area contributed by atoms with Gasteiger partial charge in [0.25, 0.3) is 5.91 Å². The Bertz CT molecular complexity index is 738. The Labute approximate surface area is 164 Å². The van der Waals surface area contributed by atoms with E-state index in [-0.39, 0.29) is 11.8 Å². The molecule has 1 saturated heterocycles. The highest BCUT2D eigenvalue weighted by atomic mass is 32.1. The minimum atomic E-state index is -1.39. The zero-order valence-electron chi connectivity index (χ0n) is 15.6. The maximum Gasteiger partial charge on any atom is 0.259 e. The van der Waals surface area contributed by atoms with E-state index in [4.69, 9.17) is 0 Å². The van der Waals surface area contributed by atoms with Gasteiger partial charge in [-0.15, -0.1) is 11.3 Å². The second-order valence-corrected chi connectivity index (χ2v) is 8.59. The standard InChI is InChI=1S/C21H27N3O2S/c25-20(24-13-11-23(12-14-24)16-19-22-10-15-27-19)21(26,18-8-4-5-9-18)17-6-2-1-3-7-17/h1-3,6-7,10,15,18,26H,4-5,8-9,11-14,16H2/t21-/m0/s1. The average molecular weight is 386 g/mol. The van der Waals surface area contributed by atoms with E-state index in [0.29, 0.717) is 13.1 Å². The minimum absolute atomic E-state index is 0.0146. The summed E-state index contributed by atoms with van der Waals surface area (Å²) in [5.74, 6) is -0.102. The Hall–Kier alpha value is -1.76. The quantitative estimate of drug-likeness (QED) is 0.860. The Morgan fingerprint density at radius 2 is 1.85 bits per heavy atom. The summed E-state index contributed by atoms with van der Waals surface area (Å²) in [6.45, 7) is 3.80. The van der Waals surface area contributed by atoms with Gasteiger partial charge in [0.2, 0.25) is 0 Å². The van der Waals surface area contributed by atoms with Crippen LogP contribution in [0, 0.1) is 5.92 Å². The summed E-state index contributed by atoms with van der Waals surface area (Å²) in [6.07, 6.45) is 5.85. The molecule has 5 nitrogen and oxygen atoms in total. The van der Waals surface area contributed by atoms with Crippen LogP contribution >= 0.6 is 11.3 Å². The van der Waals surface area contributed by atoms with E-state index in [1.54, 1.807) is 11.3 Å². The SMILES string of the molecule is O=C(N1CCN(Cc2nccs2)CC1)[C@](O)(c1ccccc1)C1CCCC1. The fourth-order valence-electron chi connectivity index (χ4n) is 4.44. The van der Waals surface area contributed by atoms with Gasteiger partial charge in [-0.05, 0) is 18.4 Å². The molecule has 0 bridgehead atoms. The predicted octanol–water partition coefficient (Wildman–Crippen LogP) is 2.87. The number of nitrogens with zero attached hydrogens (tertiary/aromatic N) is 3. The minimum Gasteiger partial charge on any atom is -0.375 e. The maximum atomic E-state index is 13.5. The highest BCUT2D eigenvalue weighted by molar-refractivity contribution is 7.09. The molecule has 1 atom stereocenters. The smallest absolute Gasteiger partial charge is 0.259 e. The summed E-state index contributed by atoms with van der Waals surface area (Å²) < 4.78 is 0. The highest BCUT2D eigenvalue weighted by Gasteiger charge is 2.48. The first-order chi connectivity index (χ1) is 13.2. The number of aromatic nitrogens is 1. The first kappa shape index (κ1) is 18.6. The predicted molar refractivity (Wildman–Crippen MR) is 106 cm³/mol. The number of carbonyl (C=O) groups excluding carboxylic acids is 1. The molecule has 144 valence electrons. The van der Waals surface area contributed by atoms with Crippen LogP contribution in [-0.2, 0) is 16.9 Å². The molecule has 1 aromatic heterocycles. The number of hydrogen-bond acceptors (Lipinski definition) is 5. The van der Waals surface area contributed by atoms with Gasteiger partial charge >= 0.3 is 0 Å². The molecule has 27 heavy (non-hydrogen) atoms. The van der Waals surface area contributed by atoms with Crippen molar-refractivity contribution in [1.82, 2.24) is 14.8 Å². The zero-order valence-corrected chi connectivity index (χ0v) is 16.4. The highest BCUT2D eigenvalue weighted by Crippen LogP contribution is 2.42.